The molecule has 0 spiro atoms. The fraction of sp³-hybridized carbons (Fsp3) is 0.500. The zero-order chi connectivity index (χ0) is 15.4. The Morgan fingerprint density at radius 3 is 2.38 bits per heavy atom. The van der Waals surface area contributed by atoms with E-state index in [-0.39, 0.29) is 5.37 Å². The molecule has 2 rings (SSSR count). The van der Waals surface area contributed by atoms with Crippen LogP contribution in [0.25, 0.3) is 0 Å². The molecule has 2 atom stereocenters. The Hall–Kier alpha value is -1.60. The Bertz CT molecular complexity index is 522. The summed E-state index contributed by atoms with van der Waals surface area (Å²) in [5.41, 5.74) is 0.853. The number of aliphatic carboxylic acids is 1. The maximum Gasteiger partial charge on any atom is 0.320 e. The molecule has 0 aliphatic carbocycles. The summed E-state index contributed by atoms with van der Waals surface area (Å²) in [5.74, 6) is 1.75. The lowest BCUT2D eigenvalue weighted by atomic mass is 10.1. The summed E-state index contributed by atoms with van der Waals surface area (Å²) < 4.78 is 16.0. The number of methoxy groups -OCH3 is 3. The highest BCUT2D eigenvalue weighted by Crippen LogP contribution is 2.42. The highest BCUT2D eigenvalue weighted by molar-refractivity contribution is 7.99. The first-order valence-corrected chi connectivity index (χ1v) is 7.56. The summed E-state index contributed by atoms with van der Waals surface area (Å²) in [4.78, 5) is 11.2. The highest BCUT2D eigenvalue weighted by Gasteiger charge is 2.30. The average Bonchev–Trinajstić information content (AvgIpc) is 2.53. The molecule has 2 unspecified atom stereocenters. The van der Waals surface area contributed by atoms with Crippen molar-refractivity contribution in [3.8, 4) is 17.2 Å². The smallest absolute Gasteiger partial charge is 0.320 e. The van der Waals surface area contributed by atoms with Crippen molar-refractivity contribution >= 4 is 17.7 Å². The third-order valence-electron chi connectivity index (χ3n) is 3.36. The number of carboxylic acid groups (broad SMARTS) is 1. The van der Waals surface area contributed by atoms with Crippen LogP contribution in [0, 0.1) is 0 Å². The van der Waals surface area contributed by atoms with Gasteiger partial charge in [0.25, 0.3) is 0 Å². The van der Waals surface area contributed by atoms with E-state index in [1.54, 1.807) is 39.2 Å². The first-order valence-electron chi connectivity index (χ1n) is 6.51. The zero-order valence-corrected chi connectivity index (χ0v) is 13.0. The summed E-state index contributed by atoms with van der Waals surface area (Å²) in [6.07, 6.45) is 0.603. The predicted octanol–water partition coefficient (Wildman–Crippen LogP) is 1.89. The van der Waals surface area contributed by atoms with Crippen molar-refractivity contribution in [3.05, 3.63) is 17.7 Å². The summed E-state index contributed by atoms with van der Waals surface area (Å²) >= 11 is 1.65. The minimum absolute atomic E-state index is 0.158. The Balaban J connectivity index is 2.35. The third-order valence-corrected chi connectivity index (χ3v) is 4.55. The number of carbonyl (C=O) groups is 1. The maximum atomic E-state index is 11.2. The van der Waals surface area contributed by atoms with E-state index in [0.717, 1.165) is 11.3 Å². The first-order chi connectivity index (χ1) is 10.1. The molecule has 1 fully saturated rings. The number of nitrogens with one attached hydrogen (secondary N) is 1. The van der Waals surface area contributed by atoms with Gasteiger partial charge in [0.2, 0.25) is 0 Å². The van der Waals surface area contributed by atoms with Crippen molar-refractivity contribution in [2.45, 2.75) is 17.8 Å². The first kappa shape index (κ1) is 15.8. The molecular formula is C14H19NO5S. The Labute approximate surface area is 127 Å². The lowest BCUT2D eigenvalue weighted by Gasteiger charge is -2.29. The lowest BCUT2D eigenvalue weighted by Crippen LogP contribution is -2.41. The molecule has 1 aliphatic rings. The van der Waals surface area contributed by atoms with Crippen molar-refractivity contribution in [1.82, 2.24) is 5.32 Å². The van der Waals surface area contributed by atoms with Gasteiger partial charge in [0.15, 0.2) is 11.5 Å². The van der Waals surface area contributed by atoms with Crippen molar-refractivity contribution in [3.63, 3.8) is 0 Å². The molecule has 6 nitrogen and oxygen atoms in total. The quantitative estimate of drug-likeness (QED) is 0.859. The molecule has 0 aromatic heterocycles. The molecular weight excluding hydrogens is 294 g/mol. The molecule has 1 heterocycles. The van der Waals surface area contributed by atoms with Crippen LogP contribution in [0.15, 0.2) is 12.1 Å². The van der Waals surface area contributed by atoms with Gasteiger partial charge in [-0.15, -0.1) is 11.8 Å². The van der Waals surface area contributed by atoms with Crippen LogP contribution < -0.4 is 19.5 Å². The van der Waals surface area contributed by atoms with Crippen LogP contribution in [0.1, 0.15) is 17.4 Å². The van der Waals surface area contributed by atoms with Crippen LogP contribution in [0.4, 0.5) is 0 Å². The van der Waals surface area contributed by atoms with Crippen LogP contribution in [0.2, 0.25) is 0 Å². The summed E-state index contributed by atoms with van der Waals surface area (Å²) in [6, 6.07) is 3.03. The number of thioether (sulfide) groups is 1. The number of hydrogen-bond donors (Lipinski definition) is 2. The minimum Gasteiger partial charge on any atom is -0.496 e. The van der Waals surface area contributed by atoms with E-state index in [9.17, 15) is 4.79 Å². The van der Waals surface area contributed by atoms with Crippen molar-refractivity contribution in [1.29, 1.82) is 0 Å². The average molecular weight is 313 g/mol. The fourth-order valence-electron chi connectivity index (χ4n) is 2.25. The fourth-order valence-corrected chi connectivity index (χ4v) is 3.48. The lowest BCUT2D eigenvalue weighted by molar-refractivity contribution is -0.139. The van der Waals surface area contributed by atoms with Crippen molar-refractivity contribution in [2.75, 3.05) is 27.1 Å². The van der Waals surface area contributed by atoms with Gasteiger partial charge in [-0.1, -0.05) is 0 Å². The normalized spacial score (nSPS) is 21.7. The molecule has 1 aliphatic heterocycles. The van der Waals surface area contributed by atoms with E-state index < -0.39 is 12.0 Å². The Kier molecular flexibility index (Phi) is 5.19. The number of benzene rings is 1. The maximum absolute atomic E-state index is 11.2. The van der Waals surface area contributed by atoms with Crippen LogP contribution in [0.3, 0.4) is 0 Å². The molecule has 1 aromatic rings. The standard InChI is InChI=1S/C14H19NO5S/c1-18-10-7-12(20-3)11(19-2)6-8(10)13-15-9(14(16)17)4-5-21-13/h6-7,9,13,15H,4-5H2,1-3H3,(H,16,17). The second-order valence-corrected chi connectivity index (χ2v) is 5.76. The second kappa shape index (κ2) is 6.91. The van der Waals surface area contributed by atoms with Gasteiger partial charge in [-0.05, 0) is 18.2 Å². The molecule has 7 heteroatoms. The van der Waals surface area contributed by atoms with Gasteiger partial charge in [0.1, 0.15) is 11.8 Å². The van der Waals surface area contributed by atoms with Crippen LogP contribution in [-0.4, -0.2) is 44.2 Å². The molecule has 0 saturated carbocycles. The molecule has 1 saturated heterocycles. The summed E-state index contributed by atoms with van der Waals surface area (Å²) in [6.45, 7) is 0. The van der Waals surface area contributed by atoms with Gasteiger partial charge >= 0.3 is 5.97 Å². The third kappa shape index (κ3) is 3.36. The molecule has 116 valence electrons. The van der Waals surface area contributed by atoms with Crippen LogP contribution >= 0.6 is 11.8 Å². The van der Waals surface area contributed by atoms with Crippen molar-refractivity contribution < 1.29 is 24.1 Å². The van der Waals surface area contributed by atoms with E-state index in [1.165, 1.54) is 0 Å². The number of hydrogen-bond acceptors (Lipinski definition) is 6. The Morgan fingerprint density at radius 1 is 1.19 bits per heavy atom. The van der Waals surface area contributed by atoms with Crippen LogP contribution in [0.5, 0.6) is 17.2 Å². The van der Waals surface area contributed by atoms with Gasteiger partial charge < -0.3 is 19.3 Å². The van der Waals surface area contributed by atoms with Gasteiger partial charge in [-0.25, -0.2) is 0 Å². The van der Waals surface area contributed by atoms with Gasteiger partial charge in [-0.3, -0.25) is 10.1 Å². The van der Waals surface area contributed by atoms with E-state index in [1.807, 2.05) is 6.07 Å². The monoisotopic (exact) mass is 313 g/mol. The highest BCUT2D eigenvalue weighted by atomic mass is 32.2. The van der Waals surface area contributed by atoms with Crippen LogP contribution in [-0.2, 0) is 4.79 Å². The van der Waals surface area contributed by atoms with E-state index >= 15 is 0 Å². The van der Waals surface area contributed by atoms with Gasteiger partial charge in [0, 0.05) is 11.6 Å². The number of rotatable bonds is 5. The second-order valence-electron chi connectivity index (χ2n) is 4.55. The van der Waals surface area contributed by atoms with Gasteiger partial charge in [0.05, 0.1) is 26.7 Å². The van der Waals surface area contributed by atoms with E-state index in [0.29, 0.717) is 23.7 Å². The van der Waals surface area contributed by atoms with Crippen molar-refractivity contribution in [2.24, 2.45) is 0 Å². The van der Waals surface area contributed by atoms with E-state index in [2.05, 4.69) is 5.32 Å². The Morgan fingerprint density at radius 2 is 1.81 bits per heavy atom. The minimum atomic E-state index is -0.834. The summed E-state index contributed by atoms with van der Waals surface area (Å²) in [7, 11) is 4.70. The zero-order valence-electron chi connectivity index (χ0n) is 12.2. The molecule has 21 heavy (non-hydrogen) atoms. The molecule has 0 amide bonds. The topological polar surface area (TPSA) is 77.0 Å². The summed E-state index contributed by atoms with van der Waals surface area (Å²) in [5, 5.41) is 12.1. The van der Waals surface area contributed by atoms with E-state index in [4.69, 9.17) is 19.3 Å². The molecule has 1 aromatic carbocycles. The van der Waals surface area contributed by atoms with Gasteiger partial charge in [-0.2, -0.15) is 0 Å². The largest absolute Gasteiger partial charge is 0.496 e. The SMILES string of the molecule is COc1cc(OC)c(C2NC(C(=O)O)CCS2)cc1OC. The number of carboxylic acids is 1. The molecule has 2 N–H and O–H groups in total. The molecule has 0 radical (unpaired) electrons. The number of ether oxygens (including phenoxy) is 3. The molecule has 0 bridgehead atoms. The predicted molar refractivity (Wildman–Crippen MR) is 80.5 cm³/mol.